The summed E-state index contributed by atoms with van der Waals surface area (Å²) >= 11 is 0. The van der Waals surface area contributed by atoms with Gasteiger partial charge in [-0.05, 0) is 37.1 Å². The van der Waals surface area contributed by atoms with Crippen molar-refractivity contribution in [3.05, 3.63) is 42.2 Å². The molecule has 0 N–H and O–H groups in total. The minimum Gasteiger partial charge on any atom is -0.454 e. The van der Waals surface area contributed by atoms with E-state index in [0.717, 1.165) is 25.9 Å². The van der Waals surface area contributed by atoms with Crippen molar-refractivity contribution in [3.8, 4) is 11.5 Å². The molecule has 0 spiro atoms. The van der Waals surface area contributed by atoms with Gasteiger partial charge in [0.05, 0.1) is 12.6 Å². The summed E-state index contributed by atoms with van der Waals surface area (Å²) < 4.78 is 12.5. The van der Waals surface area contributed by atoms with E-state index in [2.05, 4.69) is 5.10 Å². The normalized spacial score (nSPS) is 19.6. The molecule has 4 rings (SSSR count). The number of rotatable bonds is 3. The summed E-state index contributed by atoms with van der Waals surface area (Å²) in [6, 6.07) is 7.47. The zero-order valence-corrected chi connectivity index (χ0v) is 12.1. The molecule has 114 valence electrons. The molecule has 3 heterocycles. The standard InChI is InChI=1S/C16H17N3O3/c20-16(12-4-5-14-15(9-12)22-11-21-14)19-8-1-3-13(19)10-18-7-2-6-17-18/h2,4-7,9,13H,1,3,8,10-11H2. The molecule has 1 amide bonds. The Balaban J connectivity index is 1.53. The molecular formula is C16H17N3O3. The summed E-state index contributed by atoms with van der Waals surface area (Å²) in [5, 5.41) is 4.24. The number of likely N-dealkylation sites (tertiary alicyclic amines) is 1. The lowest BCUT2D eigenvalue weighted by atomic mass is 10.1. The summed E-state index contributed by atoms with van der Waals surface area (Å²) in [7, 11) is 0. The van der Waals surface area contributed by atoms with Gasteiger partial charge >= 0.3 is 0 Å². The van der Waals surface area contributed by atoms with Gasteiger partial charge in [-0.3, -0.25) is 9.48 Å². The predicted molar refractivity (Wildman–Crippen MR) is 78.9 cm³/mol. The molecule has 1 atom stereocenters. The molecule has 2 aliphatic heterocycles. The molecule has 0 aliphatic carbocycles. The van der Waals surface area contributed by atoms with E-state index < -0.39 is 0 Å². The van der Waals surface area contributed by atoms with E-state index in [1.807, 2.05) is 21.8 Å². The number of fused-ring (bicyclic) bond motifs is 1. The first-order valence-electron chi connectivity index (χ1n) is 7.49. The van der Waals surface area contributed by atoms with Crippen LogP contribution in [0.25, 0.3) is 0 Å². The minimum absolute atomic E-state index is 0.0490. The number of ether oxygens (including phenoxy) is 2. The summed E-state index contributed by atoms with van der Waals surface area (Å²) in [5.74, 6) is 1.40. The van der Waals surface area contributed by atoms with E-state index in [-0.39, 0.29) is 18.7 Å². The monoisotopic (exact) mass is 299 g/mol. The van der Waals surface area contributed by atoms with E-state index in [9.17, 15) is 4.79 Å². The number of carbonyl (C=O) groups excluding carboxylic acids is 1. The van der Waals surface area contributed by atoms with Crippen LogP contribution < -0.4 is 9.47 Å². The average Bonchev–Trinajstić information content (AvgIpc) is 3.27. The van der Waals surface area contributed by atoms with Gasteiger partial charge in [-0.1, -0.05) is 0 Å². The highest BCUT2D eigenvalue weighted by atomic mass is 16.7. The van der Waals surface area contributed by atoms with Crippen LogP contribution in [0.1, 0.15) is 23.2 Å². The minimum atomic E-state index is 0.0490. The maximum atomic E-state index is 12.8. The van der Waals surface area contributed by atoms with Crippen molar-refractivity contribution < 1.29 is 14.3 Å². The lowest BCUT2D eigenvalue weighted by Crippen LogP contribution is -2.38. The second-order valence-electron chi connectivity index (χ2n) is 5.59. The fraction of sp³-hybridized carbons (Fsp3) is 0.375. The highest BCUT2D eigenvalue weighted by molar-refractivity contribution is 5.95. The third-order valence-electron chi connectivity index (χ3n) is 4.21. The van der Waals surface area contributed by atoms with Crippen LogP contribution in [0.3, 0.4) is 0 Å². The van der Waals surface area contributed by atoms with E-state index in [4.69, 9.17) is 9.47 Å². The number of amides is 1. The Kier molecular flexibility index (Phi) is 3.21. The SMILES string of the molecule is O=C(c1ccc2c(c1)OCO2)N1CCCC1Cn1cccn1. The van der Waals surface area contributed by atoms with Crippen LogP contribution in [0.4, 0.5) is 0 Å². The fourth-order valence-electron chi connectivity index (χ4n) is 3.11. The van der Waals surface area contributed by atoms with Crippen molar-refractivity contribution in [2.45, 2.75) is 25.4 Å². The van der Waals surface area contributed by atoms with Gasteiger partial charge in [-0.15, -0.1) is 0 Å². The molecule has 1 unspecified atom stereocenters. The van der Waals surface area contributed by atoms with Crippen molar-refractivity contribution in [2.24, 2.45) is 0 Å². The number of hydrogen-bond acceptors (Lipinski definition) is 4. The summed E-state index contributed by atoms with van der Waals surface area (Å²) in [6.45, 7) is 1.75. The third kappa shape index (κ3) is 2.30. The first-order valence-corrected chi connectivity index (χ1v) is 7.49. The van der Waals surface area contributed by atoms with Crippen LogP contribution in [0.5, 0.6) is 11.5 Å². The van der Waals surface area contributed by atoms with Crippen LogP contribution in [0.2, 0.25) is 0 Å². The fourth-order valence-corrected chi connectivity index (χ4v) is 3.11. The molecule has 6 nitrogen and oxygen atoms in total. The largest absolute Gasteiger partial charge is 0.454 e. The van der Waals surface area contributed by atoms with Crippen LogP contribution in [0.15, 0.2) is 36.7 Å². The van der Waals surface area contributed by atoms with Gasteiger partial charge in [-0.2, -0.15) is 5.10 Å². The van der Waals surface area contributed by atoms with Gasteiger partial charge in [0.1, 0.15) is 0 Å². The van der Waals surface area contributed by atoms with Crippen molar-refractivity contribution >= 4 is 5.91 Å². The zero-order valence-electron chi connectivity index (χ0n) is 12.1. The molecule has 2 aromatic rings. The Morgan fingerprint density at radius 3 is 3.09 bits per heavy atom. The van der Waals surface area contributed by atoms with Gasteiger partial charge < -0.3 is 14.4 Å². The molecule has 0 saturated carbocycles. The second-order valence-corrected chi connectivity index (χ2v) is 5.59. The van der Waals surface area contributed by atoms with Crippen molar-refractivity contribution in [3.63, 3.8) is 0 Å². The molecule has 1 aromatic carbocycles. The first-order chi connectivity index (χ1) is 10.8. The number of aromatic nitrogens is 2. The molecule has 0 radical (unpaired) electrons. The molecular weight excluding hydrogens is 282 g/mol. The van der Waals surface area contributed by atoms with Crippen LogP contribution >= 0.6 is 0 Å². The molecule has 1 fully saturated rings. The van der Waals surface area contributed by atoms with Gasteiger partial charge in [0.25, 0.3) is 5.91 Å². The van der Waals surface area contributed by atoms with Crippen LogP contribution in [-0.2, 0) is 6.54 Å². The van der Waals surface area contributed by atoms with Crippen LogP contribution in [-0.4, -0.2) is 40.0 Å². The Hall–Kier alpha value is -2.50. The Labute approximate surface area is 128 Å². The summed E-state index contributed by atoms with van der Waals surface area (Å²) in [5.41, 5.74) is 0.650. The predicted octanol–water partition coefficient (Wildman–Crippen LogP) is 1.92. The maximum absolute atomic E-state index is 12.8. The number of nitrogens with zero attached hydrogens (tertiary/aromatic N) is 3. The maximum Gasteiger partial charge on any atom is 0.254 e. The van der Waals surface area contributed by atoms with Gasteiger partial charge in [0, 0.05) is 24.5 Å². The number of carbonyl (C=O) groups is 1. The smallest absolute Gasteiger partial charge is 0.254 e. The van der Waals surface area contributed by atoms with E-state index >= 15 is 0 Å². The van der Waals surface area contributed by atoms with Gasteiger partial charge in [0.15, 0.2) is 11.5 Å². The molecule has 22 heavy (non-hydrogen) atoms. The van der Waals surface area contributed by atoms with E-state index in [0.29, 0.717) is 17.1 Å². The van der Waals surface area contributed by atoms with E-state index in [1.165, 1.54) is 0 Å². The highest BCUT2D eigenvalue weighted by Crippen LogP contribution is 2.33. The highest BCUT2D eigenvalue weighted by Gasteiger charge is 2.30. The Morgan fingerprint density at radius 2 is 2.23 bits per heavy atom. The lowest BCUT2D eigenvalue weighted by Gasteiger charge is -2.25. The molecule has 2 aliphatic rings. The molecule has 6 heteroatoms. The molecule has 1 aromatic heterocycles. The summed E-state index contributed by atoms with van der Waals surface area (Å²) in [6.07, 6.45) is 5.73. The third-order valence-corrected chi connectivity index (χ3v) is 4.21. The van der Waals surface area contributed by atoms with Crippen molar-refractivity contribution in [2.75, 3.05) is 13.3 Å². The summed E-state index contributed by atoms with van der Waals surface area (Å²) in [4.78, 5) is 14.7. The Bertz CT molecular complexity index is 684. The van der Waals surface area contributed by atoms with E-state index in [1.54, 1.807) is 24.4 Å². The second kappa shape index (κ2) is 5.36. The number of benzene rings is 1. The molecule has 1 saturated heterocycles. The lowest BCUT2D eigenvalue weighted by molar-refractivity contribution is 0.0721. The topological polar surface area (TPSA) is 56.6 Å². The van der Waals surface area contributed by atoms with Crippen LogP contribution in [0, 0.1) is 0 Å². The van der Waals surface area contributed by atoms with Crippen molar-refractivity contribution in [1.29, 1.82) is 0 Å². The Morgan fingerprint density at radius 1 is 1.32 bits per heavy atom. The number of hydrogen-bond donors (Lipinski definition) is 0. The van der Waals surface area contributed by atoms with Gasteiger partial charge in [0.2, 0.25) is 6.79 Å². The molecule has 0 bridgehead atoms. The van der Waals surface area contributed by atoms with Crippen molar-refractivity contribution in [1.82, 2.24) is 14.7 Å². The first kappa shape index (κ1) is 13.2. The quantitative estimate of drug-likeness (QED) is 0.869. The average molecular weight is 299 g/mol. The zero-order chi connectivity index (χ0) is 14.9. The van der Waals surface area contributed by atoms with Gasteiger partial charge in [-0.25, -0.2) is 0 Å².